The Bertz CT molecular complexity index is 1220. The lowest BCUT2D eigenvalue weighted by molar-refractivity contribution is -0.112. The third-order valence-corrected chi connectivity index (χ3v) is 5.29. The van der Waals surface area contributed by atoms with E-state index in [0.717, 1.165) is 11.1 Å². The highest BCUT2D eigenvalue weighted by molar-refractivity contribution is 6.32. The first kappa shape index (κ1) is 23.4. The van der Waals surface area contributed by atoms with Crippen molar-refractivity contribution in [1.82, 2.24) is 0 Å². The first-order valence-corrected chi connectivity index (χ1v) is 10.7. The van der Waals surface area contributed by atoms with Crippen LogP contribution in [0.3, 0.4) is 0 Å². The second-order valence-corrected chi connectivity index (χ2v) is 8.40. The van der Waals surface area contributed by atoms with Crippen molar-refractivity contribution in [3.8, 4) is 11.8 Å². The van der Waals surface area contributed by atoms with E-state index in [1.165, 1.54) is 17.2 Å². The topological polar surface area (TPSA) is 62.1 Å². The number of carbonyl (C=O) groups is 1. The second-order valence-electron chi connectivity index (χ2n) is 7.56. The van der Waals surface area contributed by atoms with Crippen LogP contribution in [0.15, 0.2) is 60.2 Å². The van der Waals surface area contributed by atoms with E-state index in [1.54, 1.807) is 36.4 Å². The molecule has 0 saturated carbocycles. The SMILES string of the molecule is Cc1cc(C)cc(COc2ccc(/C=C(\C#N)C(=O)Nc3cc(Cl)ccc3C)cc2Cl)c1. The van der Waals surface area contributed by atoms with Crippen LogP contribution in [0.5, 0.6) is 5.75 Å². The van der Waals surface area contributed by atoms with Crippen molar-refractivity contribution in [2.24, 2.45) is 0 Å². The van der Waals surface area contributed by atoms with E-state index >= 15 is 0 Å². The Morgan fingerprint density at radius 3 is 2.41 bits per heavy atom. The summed E-state index contributed by atoms with van der Waals surface area (Å²) in [5.41, 5.74) is 5.36. The lowest BCUT2D eigenvalue weighted by atomic mass is 10.1. The number of ether oxygens (including phenoxy) is 1. The Kier molecular flexibility index (Phi) is 7.58. The van der Waals surface area contributed by atoms with Crippen LogP contribution in [0.4, 0.5) is 5.69 Å². The van der Waals surface area contributed by atoms with Crippen LogP contribution in [0.1, 0.15) is 27.8 Å². The molecule has 0 unspecified atom stereocenters. The molecule has 0 aliphatic carbocycles. The molecular weight excluding hydrogens is 443 g/mol. The Hall–Kier alpha value is -3.26. The summed E-state index contributed by atoms with van der Waals surface area (Å²) in [4.78, 5) is 12.6. The summed E-state index contributed by atoms with van der Waals surface area (Å²) in [6.45, 7) is 6.32. The number of benzene rings is 3. The molecule has 0 aromatic heterocycles. The molecule has 3 aromatic carbocycles. The van der Waals surface area contributed by atoms with E-state index in [2.05, 4.69) is 23.5 Å². The van der Waals surface area contributed by atoms with Gasteiger partial charge in [-0.2, -0.15) is 5.26 Å². The number of halogens is 2. The maximum atomic E-state index is 12.6. The molecule has 0 bridgehead atoms. The first-order chi connectivity index (χ1) is 15.2. The maximum absolute atomic E-state index is 12.6. The number of aryl methyl sites for hydroxylation is 3. The average Bonchev–Trinajstić information content (AvgIpc) is 2.73. The van der Waals surface area contributed by atoms with Gasteiger partial charge in [-0.1, -0.05) is 64.7 Å². The molecule has 0 radical (unpaired) electrons. The number of nitriles is 1. The average molecular weight is 465 g/mol. The van der Waals surface area contributed by atoms with Gasteiger partial charge in [-0.15, -0.1) is 0 Å². The maximum Gasteiger partial charge on any atom is 0.266 e. The van der Waals surface area contributed by atoms with Gasteiger partial charge in [-0.05, 0) is 67.8 Å². The molecular formula is C26H22Cl2N2O2. The molecule has 0 aliphatic rings. The Balaban J connectivity index is 1.74. The van der Waals surface area contributed by atoms with Gasteiger partial charge >= 0.3 is 0 Å². The predicted octanol–water partition coefficient (Wildman–Crippen LogP) is 7.04. The summed E-state index contributed by atoms with van der Waals surface area (Å²) in [6.07, 6.45) is 1.48. The molecule has 6 heteroatoms. The standard InChI is InChI=1S/C26H22Cl2N2O2/c1-16-8-17(2)10-20(9-16)15-32-25-7-5-19(12-23(25)28)11-21(14-29)26(31)30-24-13-22(27)6-4-18(24)3/h4-13H,15H2,1-3H3,(H,30,31)/b21-11+. The molecule has 0 fully saturated rings. The van der Waals surface area contributed by atoms with Crippen LogP contribution < -0.4 is 10.1 Å². The van der Waals surface area contributed by atoms with Crippen LogP contribution in [0.2, 0.25) is 10.0 Å². The van der Waals surface area contributed by atoms with Gasteiger partial charge in [0.05, 0.1) is 5.02 Å². The molecule has 32 heavy (non-hydrogen) atoms. The van der Waals surface area contributed by atoms with E-state index in [4.69, 9.17) is 27.9 Å². The third kappa shape index (κ3) is 6.13. The zero-order valence-corrected chi connectivity index (χ0v) is 19.5. The van der Waals surface area contributed by atoms with Gasteiger partial charge in [0, 0.05) is 10.7 Å². The van der Waals surface area contributed by atoms with E-state index < -0.39 is 5.91 Å². The van der Waals surface area contributed by atoms with Crippen molar-refractivity contribution in [1.29, 1.82) is 5.26 Å². The number of hydrogen-bond donors (Lipinski definition) is 1. The molecule has 0 heterocycles. The molecule has 0 saturated heterocycles. The number of nitrogens with one attached hydrogen (secondary N) is 1. The number of rotatable bonds is 6. The van der Waals surface area contributed by atoms with E-state index in [-0.39, 0.29) is 5.57 Å². The van der Waals surface area contributed by atoms with Crippen LogP contribution in [0, 0.1) is 32.1 Å². The second kappa shape index (κ2) is 10.4. The van der Waals surface area contributed by atoms with Crippen molar-refractivity contribution in [2.45, 2.75) is 27.4 Å². The van der Waals surface area contributed by atoms with E-state index in [0.29, 0.717) is 33.7 Å². The Morgan fingerprint density at radius 2 is 1.75 bits per heavy atom. The molecule has 162 valence electrons. The Labute approximate surface area is 198 Å². The minimum atomic E-state index is -0.524. The van der Waals surface area contributed by atoms with Crippen molar-refractivity contribution < 1.29 is 9.53 Å². The van der Waals surface area contributed by atoms with Crippen LogP contribution in [0.25, 0.3) is 6.08 Å². The van der Waals surface area contributed by atoms with Crippen molar-refractivity contribution in [3.05, 3.63) is 98.0 Å². The van der Waals surface area contributed by atoms with Gasteiger partial charge in [0.25, 0.3) is 5.91 Å². The highest BCUT2D eigenvalue weighted by atomic mass is 35.5. The van der Waals surface area contributed by atoms with Gasteiger partial charge in [-0.3, -0.25) is 4.79 Å². The summed E-state index contributed by atoms with van der Waals surface area (Å²) < 4.78 is 5.86. The predicted molar refractivity (Wildman–Crippen MR) is 130 cm³/mol. The number of nitrogens with zero attached hydrogens (tertiary/aromatic N) is 1. The summed E-state index contributed by atoms with van der Waals surface area (Å²) in [5.74, 6) is 0.00428. The lowest BCUT2D eigenvalue weighted by Gasteiger charge is -2.11. The van der Waals surface area contributed by atoms with Crippen LogP contribution >= 0.6 is 23.2 Å². The fraction of sp³-hybridized carbons (Fsp3) is 0.154. The van der Waals surface area contributed by atoms with Gasteiger partial charge in [-0.25, -0.2) is 0 Å². The molecule has 1 amide bonds. The normalized spacial score (nSPS) is 11.1. The number of anilines is 1. The van der Waals surface area contributed by atoms with E-state index in [9.17, 15) is 10.1 Å². The summed E-state index contributed by atoms with van der Waals surface area (Å²) in [6, 6.07) is 18.5. The zero-order valence-electron chi connectivity index (χ0n) is 18.0. The van der Waals surface area contributed by atoms with Crippen molar-refractivity contribution in [2.75, 3.05) is 5.32 Å². The zero-order chi connectivity index (χ0) is 23.3. The fourth-order valence-electron chi connectivity index (χ4n) is 3.27. The van der Waals surface area contributed by atoms with Crippen molar-refractivity contribution >= 4 is 40.9 Å². The monoisotopic (exact) mass is 464 g/mol. The number of hydrogen-bond acceptors (Lipinski definition) is 3. The minimum absolute atomic E-state index is 0.0515. The molecule has 3 rings (SSSR count). The molecule has 3 aromatic rings. The number of carbonyl (C=O) groups excluding carboxylic acids is 1. The Morgan fingerprint density at radius 1 is 1.03 bits per heavy atom. The minimum Gasteiger partial charge on any atom is -0.487 e. The highest BCUT2D eigenvalue weighted by Crippen LogP contribution is 2.28. The number of amides is 1. The molecule has 4 nitrogen and oxygen atoms in total. The molecule has 0 aliphatic heterocycles. The van der Waals surface area contributed by atoms with Crippen LogP contribution in [-0.2, 0) is 11.4 Å². The summed E-state index contributed by atoms with van der Waals surface area (Å²) >= 11 is 12.4. The first-order valence-electron chi connectivity index (χ1n) is 9.94. The fourth-order valence-corrected chi connectivity index (χ4v) is 3.69. The van der Waals surface area contributed by atoms with Gasteiger partial charge in [0.15, 0.2) is 0 Å². The van der Waals surface area contributed by atoms with E-state index in [1.807, 2.05) is 26.8 Å². The van der Waals surface area contributed by atoms with Crippen LogP contribution in [-0.4, -0.2) is 5.91 Å². The van der Waals surface area contributed by atoms with Crippen molar-refractivity contribution in [3.63, 3.8) is 0 Å². The largest absolute Gasteiger partial charge is 0.487 e. The highest BCUT2D eigenvalue weighted by Gasteiger charge is 2.12. The van der Waals surface area contributed by atoms with Gasteiger partial charge in [0.2, 0.25) is 0 Å². The molecule has 1 N–H and O–H groups in total. The quantitative estimate of drug-likeness (QED) is 0.314. The smallest absolute Gasteiger partial charge is 0.266 e. The molecule has 0 atom stereocenters. The summed E-state index contributed by atoms with van der Waals surface area (Å²) in [7, 11) is 0. The summed E-state index contributed by atoms with van der Waals surface area (Å²) in [5, 5.41) is 13.1. The van der Waals surface area contributed by atoms with Gasteiger partial charge < -0.3 is 10.1 Å². The third-order valence-electron chi connectivity index (χ3n) is 4.76. The lowest BCUT2D eigenvalue weighted by Crippen LogP contribution is -2.14. The van der Waals surface area contributed by atoms with Gasteiger partial charge in [0.1, 0.15) is 24.0 Å². The molecule has 0 spiro atoms.